The molecule has 1 aromatic carbocycles. The fourth-order valence-corrected chi connectivity index (χ4v) is 4.54. The lowest BCUT2D eigenvalue weighted by molar-refractivity contribution is -0.114. The lowest BCUT2D eigenvalue weighted by atomic mass is 10.2. The normalized spacial score (nSPS) is 11.7. The molecule has 1 amide bonds. The van der Waals surface area contributed by atoms with Crippen LogP contribution in [0.25, 0.3) is 17.3 Å². The van der Waals surface area contributed by atoms with E-state index < -0.39 is 9.84 Å². The first-order chi connectivity index (χ1) is 14.6. The van der Waals surface area contributed by atoms with E-state index in [0.29, 0.717) is 17.4 Å². The summed E-state index contributed by atoms with van der Waals surface area (Å²) in [5, 5.41) is 6.74. The predicted molar refractivity (Wildman–Crippen MR) is 125 cm³/mol. The summed E-state index contributed by atoms with van der Waals surface area (Å²) < 4.78 is 25.1. The van der Waals surface area contributed by atoms with Crippen molar-refractivity contribution in [2.75, 3.05) is 17.7 Å². The summed E-state index contributed by atoms with van der Waals surface area (Å²) in [6.07, 6.45) is 6.11. The molecule has 3 rings (SSSR count). The van der Waals surface area contributed by atoms with Gasteiger partial charge in [0.05, 0.1) is 16.3 Å². The maximum atomic E-state index is 12.9. The van der Waals surface area contributed by atoms with E-state index in [1.165, 1.54) is 23.7 Å². The lowest BCUT2D eigenvalue weighted by Gasteiger charge is -2.15. The second-order valence-electron chi connectivity index (χ2n) is 7.09. The van der Waals surface area contributed by atoms with E-state index in [1.807, 2.05) is 26.3 Å². The first kappa shape index (κ1) is 22.6. The zero-order chi connectivity index (χ0) is 22.8. The van der Waals surface area contributed by atoms with Crippen LogP contribution in [0.15, 0.2) is 53.3 Å². The molecule has 0 saturated carbocycles. The highest BCUT2D eigenvalue weighted by Crippen LogP contribution is 2.28. The molecule has 2 aromatic heterocycles. The SMILES string of the molecule is C=CCN(C(=O)/C=C/c1c(C)nn(C)c1C)c1nc(-c2ccc(S(C)(=O)=O)cc2)cs1. The number of aryl methyl sites for hydroxylation is 2. The van der Waals surface area contributed by atoms with E-state index in [-0.39, 0.29) is 10.8 Å². The Morgan fingerprint density at radius 2 is 1.94 bits per heavy atom. The second-order valence-corrected chi connectivity index (χ2v) is 9.94. The largest absolute Gasteiger partial charge is 0.281 e. The molecule has 0 fully saturated rings. The van der Waals surface area contributed by atoms with Crippen molar-refractivity contribution < 1.29 is 13.2 Å². The number of carbonyl (C=O) groups excluding carboxylic acids is 1. The zero-order valence-electron chi connectivity index (χ0n) is 17.9. The number of carbonyl (C=O) groups is 1. The fraction of sp³-hybridized carbons (Fsp3) is 0.227. The third-order valence-electron chi connectivity index (χ3n) is 4.84. The Bertz CT molecular complexity index is 1250. The molecule has 31 heavy (non-hydrogen) atoms. The number of anilines is 1. The summed E-state index contributed by atoms with van der Waals surface area (Å²) in [7, 11) is -1.39. The highest BCUT2D eigenvalue weighted by molar-refractivity contribution is 7.90. The molecule has 9 heteroatoms. The molecule has 0 atom stereocenters. The molecule has 0 N–H and O–H groups in total. The monoisotopic (exact) mass is 456 g/mol. The number of amides is 1. The number of hydrogen-bond acceptors (Lipinski definition) is 6. The minimum atomic E-state index is -3.26. The minimum absolute atomic E-state index is 0.212. The first-order valence-corrected chi connectivity index (χ1v) is 12.3. The van der Waals surface area contributed by atoms with Crippen LogP contribution in [0, 0.1) is 13.8 Å². The zero-order valence-corrected chi connectivity index (χ0v) is 19.5. The average molecular weight is 457 g/mol. The van der Waals surface area contributed by atoms with Crippen molar-refractivity contribution in [1.29, 1.82) is 0 Å². The third kappa shape index (κ3) is 5.00. The highest BCUT2D eigenvalue weighted by Gasteiger charge is 2.17. The molecule has 0 spiro atoms. The van der Waals surface area contributed by atoms with E-state index in [2.05, 4.69) is 16.7 Å². The molecule has 0 saturated heterocycles. The average Bonchev–Trinajstić information content (AvgIpc) is 3.29. The van der Waals surface area contributed by atoms with E-state index in [9.17, 15) is 13.2 Å². The fourth-order valence-electron chi connectivity index (χ4n) is 3.06. The Morgan fingerprint density at radius 3 is 2.48 bits per heavy atom. The summed E-state index contributed by atoms with van der Waals surface area (Å²) >= 11 is 1.34. The number of hydrogen-bond donors (Lipinski definition) is 0. The maximum Gasteiger partial charge on any atom is 0.253 e. The van der Waals surface area contributed by atoms with Gasteiger partial charge in [0.15, 0.2) is 15.0 Å². The minimum Gasteiger partial charge on any atom is -0.281 e. The third-order valence-corrected chi connectivity index (χ3v) is 6.83. The Kier molecular flexibility index (Phi) is 6.56. The summed E-state index contributed by atoms with van der Waals surface area (Å²) in [5.74, 6) is -0.212. The summed E-state index contributed by atoms with van der Waals surface area (Å²) in [6.45, 7) is 7.91. The van der Waals surface area contributed by atoms with Gasteiger partial charge in [-0.05, 0) is 32.1 Å². The molecule has 0 aliphatic carbocycles. The molecule has 3 aromatic rings. The number of benzene rings is 1. The van der Waals surface area contributed by atoms with E-state index >= 15 is 0 Å². The Balaban J connectivity index is 1.85. The van der Waals surface area contributed by atoms with E-state index in [4.69, 9.17) is 0 Å². The number of rotatable bonds is 7. The molecule has 2 heterocycles. The van der Waals surface area contributed by atoms with Crippen molar-refractivity contribution in [3.63, 3.8) is 0 Å². The second kappa shape index (κ2) is 8.99. The van der Waals surface area contributed by atoms with Crippen molar-refractivity contribution in [2.24, 2.45) is 7.05 Å². The van der Waals surface area contributed by atoms with Crippen LogP contribution < -0.4 is 4.90 Å². The standard InChI is InChI=1S/C22H24N4O3S2/c1-6-13-26(21(27)12-11-19-15(2)24-25(4)16(19)3)22-23-20(14-30-22)17-7-9-18(10-8-17)31(5,28)29/h6-12,14H,1,13H2,2-5H3/b12-11+. The van der Waals surface area contributed by atoms with Crippen molar-refractivity contribution >= 4 is 38.3 Å². The van der Waals surface area contributed by atoms with E-state index in [0.717, 1.165) is 22.5 Å². The summed E-state index contributed by atoms with van der Waals surface area (Å²) in [6, 6.07) is 6.53. The van der Waals surface area contributed by atoms with Gasteiger partial charge in [0.25, 0.3) is 5.91 Å². The molecule has 162 valence electrons. The Hall–Kier alpha value is -3.04. The molecule has 0 radical (unpaired) electrons. The quantitative estimate of drug-likeness (QED) is 0.399. The van der Waals surface area contributed by atoms with Gasteiger partial charge in [-0.3, -0.25) is 14.4 Å². The lowest BCUT2D eigenvalue weighted by Crippen LogP contribution is -2.29. The van der Waals surface area contributed by atoms with E-state index in [1.54, 1.807) is 46.0 Å². The molecular weight excluding hydrogens is 432 g/mol. The molecule has 0 aliphatic rings. The van der Waals surface area contributed by atoms with Crippen molar-refractivity contribution in [1.82, 2.24) is 14.8 Å². The van der Waals surface area contributed by atoms with Crippen molar-refractivity contribution in [3.05, 3.63) is 65.3 Å². The van der Waals surface area contributed by atoms with Crippen molar-refractivity contribution in [3.8, 4) is 11.3 Å². The van der Waals surface area contributed by atoms with Gasteiger partial charge in [0.1, 0.15) is 0 Å². The smallest absolute Gasteiger partial charge is 0.253 e. The number of nitrogens with zero attached hydrogens (tertiary/aromatic N) is 4. The number of sulfone groups is 1. The summed E-state index contributed by atoms with van der Waals surface area (Å²) in [4.78, 5) is 19.3. The first-order valence-electron chi connectivity index (χ1n) is 9.48. The molecule has 0 aliphatic heterocycles. The molecular formula is C22H24N4O3S2. The number of thiazole rings is 1. The van der Waals surface area contributed by atoms with Crippen LogP contribution >= 0.6 is 11.3 Å². The topological polar surface area (TPSA) is 85.2 Å². The number of aromatic nitrogens is 3. The van der Waals surface area contributed by atoms with Crippen molar-refractivity contribution in [2.45, 2.75) is 18.7 Å². The van der Waals surface area contributed by atoms with Crippen LogP contribution in [0.5, 0.6) is 0 Å². The van der Waals surface area contributed by atoms with Crippen LogP contribution in [0.2, 0.25) is 0 Å². The van der Waals surface area contributed by atoms with Gasteiger partial charge in [-0.1, -0.05) is 18.2 Å². The van der Waals surface area contributed by atoms with Gasteiger partial charge in [-0.2, -0.15) is 5.10 Å². The van der Waals surface area contributed by atoms with Crippen LogP contribution in [-0.4, -0.2) is 41.9 Å². The van der Waals surface area contributed by atoms with Gasteiger partial charge in [0, 0.05) is 48.1 Å². The van der Waals surface area contributed by atoms with Crippen LogP contribution in [0.3, 0.4) is 0 Å². The van der Waals surface area contributed by atoms with Gasteiger partial charge in [0.2, 0.25) is 0 Å². The highest BCUT2D eigenvalue weighted by atomic mass is 32.2. The van der Waals surface area contributed by atoms with Gasteiger partial charge >= 0.3 is 0 Å². The van der Waals surface area contributed by atoms with Crippen LogP contribution in [0.1, 0.15) is 17.0 Å². The Labute approximate surface area is 186 Å². The maximum absolute atomic E-state index is 12.9. The Morgan fingerprint density at radius 1 is 1.26 bits per heavy atom. The van der Waals surface area contributed by atoms with Gasteiger partial charge in [-0.25, -0.2) is 13.4 Å². The van der Waals surface area contributed by atoms with Gasteiger partial charge in [-0.15, -0.1) is 17.9 Å². The molecule has 0 bridgehead atoms. The molecule has 7 nitrogen and oxygen atoms in total. The predicted octanol–water partition coefficient (Wildman–Crippen LogP) is 3.80. The van der Waals surface area contributed by atoms with Crippen LogP contribution in [-0.2, 0) is 21.7 Å². The molecule has 0 unspecified atom stereocenters. The van der Waals surface area contributed by atoms with Gasteiger partial charge < -0.3 is 0 Å². The summed E-state index contributed by atoms with van der Waals surface area (Å²) in [5.41, 5.74) is 4.20. The van der Waals surface area contributed by atoms with Crippen LogP contribution in [0.4, 0.5) is 5.13 Å².